The summed E-state index contributed by atoms with van der Waals surface area (Å²) < 4.78 is 5.21. The molecule has 1 aromatic heterocycles. The molecule has 1 aliphatic heterocycles. The van der Waals surface area contributed by atoms with E-state index in [4.69, 9.17) is 10.5 Å². The van der Waals surface area contributed by atoms with Crippen molar-refractivity contribution in [2.24, 2.45) is 5.73 Å². The zero-order chi connectivity index (χ0) is 12.5. The van der Waals surface area contributed by atoms with Crippen LogP contribution in [0.25, 0.3) is 0 Å². The second-order valence-corrected chi connectivity index (χ2v) is 6.10. The second-order valence-electron chi connectivity index (χ2n) is 5.12. The number of hydrogen-bond donors (Lipinski definition) is 1. The van der Waals surface area contributed by atoms with Crippen LogP contribution in [0.4, 0.5) is 5.13 Å². The highest BCUT2D eigenvalue weighted by molar-refractivity contribution is 7.15. The Morgan fingerprint density at radius 1 is 1.41 bits per heavy atom. The summed E-state index contributed by atoms with van der Waals surface area (Å²) in [7, 11) is 1.70. The zero-order valence-corrected chi connectivity index (χ0v) is 11.6. The highest BCUT2D eigenvalue weighted by atomic mass is 32.1. The van der Waals surface area contributed by atoms with Gasteiger partial charge in [0.1, 0.15) is 0 Å². The molecule has 0 spiro atoms. The maximum atomic E-state index is 6.20. The van der Waals surface area contributed by atoms with E-state index in [1.54, 1.807) is 18.4 Å². The molecule has 2 rings (SSSR count). The SMILES string of the molecule is COCc1nc(N2CCCC2)sc1C(C)(C)N. The van der Waals surface area contributed by atoms with Gasteiger partial charge in [0.15, 0.2) is 5.13 Å². The molecule has 17 heavy (non-hydrogen) atoms. The third kappa shape index (κ3) is 2.78. The van der Waals surface area contributed by atoms with Crippen LogP contribution in [0, 0.1) is 0 Å². The number of rotatable bonds is 4. The van der Waals surface area contributed by atoms with Gasteiger partial charge in [-0.2, -0.15) is 0 Å². The van der Waals surface area contributed by atoms with Crippen LogP contribution in [0.1, 0.15) is 37.3 Å². The van der Waals surface area contributed by atoms with Crippen molar-refractivity contribution < 1.29 is 4.74 Å². The maximum absolute atomic E-state index is 6.20. The molecular formula is C12H21N3OS. The third-order valence-corrected chi connectivity index (χ3v) is 4.43. The fourth-order valence-corrected chi connectivity index (χ4v) is 3.26. The fraction of sp³-hybridized carbons (Fsp3) is 0.750. The van der Waals surface area contributed by atoms with E-state index in [2.05, 4.69) is 9.88 Å². The highest BCUT2D eigenvalue weighted by Gasteiger charge is 2.26. The zero-order valence-electron chi connectivity index (χ0n) is 10.8. The first-order valence-electron chi connectivity index (χ1n) is 6.05. The molecule has 96 valence electrons. The lowest BCUT2D eigenvalue weighted by Crippen LogP contribution is -2.28. The Bertz CT molecular complexity index is 378. The van der Waals surface area contributed by atoms with Crippen molar-refractivity contribution in [3.05, 3.63) is 10.6 Å². The number of hydrogen-bond acceptors (Lipinski definition) is 5. The summed E-state index contributed by atoms with van der Waals surface area (Å²) in [4.78, 5) is 8.17. The first kappa shape index (κ1) is 12.8. The molecule has 1 fully saturated rings. The van der Waals surface area contributed by atoms with E-state index in [9.17, 15) is 0 Å². The number of ether oxygens (including phenoxy) is 1. The third-order valence-electron chi connectivity index (χ3n) is 2.93. The molecule has 2 N–H and O–H groups in total. The van der Waals surface area contributed by atoms with E-state index in [0.29, 0.717) is 6.61 Å². The summed E-state index contributed by atoms with van der Waals surface area (Å²) in [6.45, 7) is 6.82. The van der Waals surface area contributed by atoms with Crippen molar-refractivity contribution in [3.8, 4) is 0 Å². The molecule has 0 radical (unpaired) electrons. The van der Waals surface area contributed by atoms with E-state index in [0.717, 1.165) is 28.8 Å². The number of anilines is 1. The van der Waals surface area contributed by atoms with Crippen molar-refractivity contribution >= 4 is 16.5 Å². The molecule has 5 heteroatoms. The Kier molecular flexibility index (Phi) is 3.70. The van der Waals surface area contributed by atoms with Gasteiger partial charge in [0.25, 0.3) is 0 Å². The van der Waals surface area contributed by atoms with Crippen LogP contribution < -0.4 is 10.6 Å². The second kappa shape index (κ2) is 4.92. The standard InChI is InChI=1S/C12H21N3OS/c1-12(2,13)10-9(8-16-3)14-11(17-10)15-6-4-5-7-15/h4-8,13H2,1-3H3. The molecule has 0 amide bonds. The topological polar surface area (TPSA) is 51.4 Å². The molecule has 0 bridgehead atoms. The Labute approximate surface area is 107 Å². The van der Waals surface area contributed by atoms with E-state index in [-0.39, 0.29) is 5.54 Å². The van der Waals surface area contributed by atoms with Gasteiger partial charge in [0.05, 0.1) is 17.2 Å². The molecule has 1 aliphatic rings. The van der Waals surface area contributed by atoms with Crippen LogP contribution in [0.5, 0.6) is 0 Å². The summed E-state index contributed by atoms with van der Waals surface area (Å²) >= 11 is 1.71. The average Bonchev–Trinajstić information content (AvgIpc) is 2.82. The van der Waals surface area contributed by atoms with E-state index in [1.807, 2.05) is 13.8 Å². The largest absolute Gasteiger partial charge is 0.378 e. The van der Waals surface area contributed by atoms with E-state index >= 15 is 0 Å². The first-order chi connectivity index (χ1) is 8.02. The minimum Gasteiger partial charge on any atom is -0.378 e. The number of nitrogens with two attached hydrogens (primary N) is 1. The Hall–Kier alpha value is -0.650. The molecule has 0 aliphatic carbocycles. The quantitative estimate of drug-likeness (QED) is 0.895. The lowest BCUT2D eigenvalue weighted by atomic mass is 10.0. The Morgan fingerprint density at radius 3 is 2.59 bits per heavy atom. The van der Waals surface area contributed by atoms with Crippen LogP contribution in [0.15, 0.2) is 0 Å². The van der Waals surface area contributed by atoms with E-state index in [1.165, 1.54) is 12.8 Å². The van der Waals surface area contributed by atoms with Gasteiger partial charge in [-0.05, 0) is 26.7 Å². The number of aromatic nitrogens is 1. The van der Waals surface area contributed by atoms with Gasteiger partial charge in [0, 0.05) is 25.7 Å². The highest BCUT2D eigenvalue weighted by Crippen LogP contribution is 2.34. The van der Waals surface area contributed by atoms with Crippen LogP contribution in [-0.4, -0.2) is 25.2 Å². The molecule has 0 saturated carbocycles. The van der Waals surface area contributed by atoms with Crippen molar-refractivity contribution in [3.63, 3.8) is 0 Å². The molecule has 0 aromatic carbocycles. The number of thiazole rings is 1. The molecular weight excluding hydrogens is 234 g/mol. The van der Waals surface area contributed by atoms with Gasteiger partial charge in [-0.1, -0.05) is 11.3 Å². The average molecular weight is 255 g/mol. The van der Waals surface area contributed by atoms with E-state index < -0.39 is 0 Å². The van der Waals surface area contributed by atoms with Crippen molar-refractivity contribution in [2.45, 2.75) is 38.8 Å². The monoisotopic (exact) mass is 255 g/mol. The fourth-order valence-electron chi connectivity index (χ4n) is 2.12. The lowest BCUT2D eigenvalue weighted by Gasteiger charge is -2.17. The summed E-state index contributed by atoms with van der Waals surface area (Å²) in [5.41, 5.74) is 6.84. The van der Waals surface area contributed by atoms with Gasteiger partial charge in [0.2, 0.25) is 0 Å². The smallest absolute Gasteiger partial charge is 0.185 e. The van der Waals surface area contributed by atoms with Crippen molar-refractivity contribution in [1.82, 2.24) is 4.98 Å². The molecule has 1 aromatic rings. The minimum absolute atomic E-state index is 0.344. The molecule has 0 atom stereocenters. The van der Waals surface area contributed by atoms with Crippen LogP contribution >= 0.6 is 11.3 Å². The van der Waals surface area contributed by atoms with Gasteiger partial charge in [-0.25, -0.2) is 4.98 Å². The number of methoxy groups -OCH3 is 1. The Morgan fingerprint density at radius 2 is 2.06 bits per heavy atom. The van der Waals surface area contributed by atoms with Gasteiger partial charge >= 0.3 is 0 Å². The Balaban J connectivity index is 2.29. The summed E-state index contributed by atoms with van der Waals surface area (Å²) in [6.07, 6.45) is 2.53. The van der Waals surface area contributed by atoms with Gasteiger partial charge in [-0.15, -0.1) is 0 Å². The minimum atomic E-state index is -0.344. The summed E-state index contributed by atoms with van der Waals surface area (Å²) in [5, 5.41) is 1.10. The number of nitrogens with zero attached hydrogens (tertiary/aromatic N) is 2. The molecule has 1 saturated heterocycles. The van der Waals surface area contributed by atoms with Crippen LogP contribution in [0.3, 0.4) is 0 Å². The lowest BCUT2D eigenvalue weighted by molar-refractivity contribution is 0.180. The molecule has 2 heterocycles. The predicted octanol–water partition coefficient (Wildman–Crippen LogP) is 2.08. The maximum Gasteiger partial charge on any atom is 0.185 e. The van der Waals surface area contributed by atoms with Crippen molar-refractivity contribution in [2.75, 3.05) is 25.1 Å². The van der Waals surface area contributed by atoms with Gasteiger partial charge in [-0.3, -0.25) is 0 Å². The predicted molar refractivity (Wildman–Crippen MR) is 71.5 cm³/mol. The normalized spacial score (nSPS) is 16.8. The molecule has 0 unspecified atom stereocenters. The summed E-state index contributed by atoms with van der Waals surface area (Å²) in [6, 6.07) is 0. The molecule has 4 nitrogen and oxygen atoms in total. The van der Waals surface area contributed by atoms with Crippen LogP contribution in [-0.2, 0) is 16.9 Å². The van der Waals surface area contributed by atoms with Crippen molar-refractivity contribution in [1.29, 1.82) is 0 Å². The van der Waals surface area contributed by atoms with Crippen LogP contribution in [0.2, 0.25) is 0 Å². The summed E-state index contributed by atoms with van der Waals surface area (Å²) in [5.74, 6) is 0. The van der Waals surface area contributed by atoms with Gasteiger partial charge < -0.3 is 15.4 Å². The first-order valence-corrected chi connectivity index (χ1v) is 6.87.